The lowest BCUT2D eigenvalue weighted by atomic mass is 9.77. The third-order valence-electron chi connectivity index (χ3n) is 9.84. The van der Waals surface area contributed by atoms with Crippen molar-refractivity contribution in [2.75, 3.05) is 21.3 Å². The second-order valence-corrected chi connectivity index (χ2v) is 13.1. The number of methoxy groups -OCH3 is 3. The summed E-state index contributed by atoms with van der Waals surface area (Å²) in [4.78, 5) is 0. The molecule has 0 heterocycles. The molecule has 3 nitrogen and oxygen atoms in total. The lowest BCUT2D eigenvalue weighted by molar-refractivity contribution is 0.309. The zero-order chi connectivity index (χ0) is 33.4. The van der Waals surface area contributed by atoms with Crippen molar-refractivity contribution < 1.29 is 14.2 Å². The summed E-state index contributed by atoms with van der Waals surface area (Å²) in [7, 11) is 5.31. The average molecular weight is 631 g/mol. The van der Waals surface area contributed by atoms with Crippen LogP contribution in [0.3, 0.4) is 0 Å². The Bertz CT molecular complexity index is 2080. The highest BCUT2D eigenvalue weighted by molar-refractivity contribution is 5.81. The van der Waals surface area contributed by atoms with E-state index in [0.29, 0.717) is 0 Å². The van der Waals surface area contributed by atoms with Gasteiger partial charge in [-0.25, -0.2) is 0 Å². The van der Waals surface area contributed by atoms with Crippen molar-refractivity contribution in [3.63, 3.8) is 0 Å². The molecule has 0 N–H and O–H groups in total. The van der Waals surface area contributed by atoms with Gasteiger partial charge in [-0.05, 0) is 103 Å². The third-order valence-corrected chi connectivity index (χ3v) is 9.84. The number of allylic oxidation sites excluding steroid dienone is 5. The highest BCUT2D eigenvalue weighted by Crippen LogP contribution is 2.45. The topological polar surface area (TPSA) is 27.7 Å². The standard InChI is InChI=1S/C45H42O3/c1-28-7-13-31(14-8-28)40-24-36-22-35-25-44(47-5)41(32-15-9-29(2)10-16-32)23-34(35)21-37-26-45(48-6)42(33-17-11-30(3)12-18-33)27-39(37)38(36)19-20-43(40)46-4/h7-20,23-27,38H,21-22H2,1-6H3. The Morgan fingerprint density at radius 2 is 1.02 bits per heavy atom. The molecule has 48 heavy (non-hydrogen) atoms. The summed E-state index contributed by atoms with van der Waals surface area (Å²) >= 11 is 0. The molecule has 0 aliphatic heterocycles. The van der Waals surface area contributed by atoms with Crippen LogP contribution < -0.4 is 9.47 Å². The van der Waals surface area contributed by atoms with E-state index in [1.807, 2.05) is 0 Å². The van der Waals surface area contributed by atoms with Crippen LogP contribution in [0.25, 0.3) is 27.8 Å². The summed E-state index contributed by atoms with van der Waals surface area (Å²) in [5.41, 5.74) is 16.8. The van der Waals surface area contributed by atoms with Crippen molar-refractivity contribution in [3.05, 3.63) is 171 Å². The average Bonchev–Trinajstić information content (AvgIpc) is 3.28. The predicted molar refractivity (Wildman–Crippen MR) is 198 cm³/mol. The number of fused-ring (bicyclic) bond motifs is 4. The van der Waals surface area contributed by atoms with Crippen molar-refractivity contribution in [1.29, 1.82) is 0 Å². The lowest BCUT2D eigenvalue weighted by Gasteiger charge is -2.28. The summed E-state index contributed by atoms with van der Waals surface area (Å²) < 4.78 is 18.2. The molecule has 7 rings (SSSR count). The first-order valence-electron chi connectivity index (χ1n) is 16.6. The van der Waals surface area contributed by atoms with Crippen molar-refractivity contribution in [3.8, 4) is 33.8 Å². The largest absolute Gasteiger partial charge is 0.496 e. The molecule has 2 aliphatic carbocycles. The van der Waals surface area contributed by atoms with E-state index in [4.69, 9.17) is 14.2 Å². The quantitative estimate of drug-likeness (QED) is 0.187. The van der Waals surface area contributed by atoms with E-state index in [0.717, 1.165) is 63.5 Å². The number of aryl methyl sites for hydroxylation is 3. The first-order chi connectivity index (χ1) is 23.3. The molecule has 0 radical (unpaired) electrons. The molecule has 0 saturated heterocycles. The highest BCUT2D eigenvalue weighted by Gasteiger charge is 2.28. The fourth-order valence-corrected chi connectivity index (χ4v) is 7.10. The molecule has 5 aromatic carbocycles. The fraction of sp³-hybridized carbons (Fsp3) is 0.200. The van der Waals surface area contributed by atoms with Crippen LogP contribution in [-0.2, 0) is 17.6 Å². The zero-order valence-electron chi connectivity index (χ0n) is 28.7. The maximum absolute atomic E-state index is 6.10. The SMILES string of the molecule is COC1=C(c2ccc(C)cc2)C=C2Cc3cc(OC)c(-c4ccc(C)cc4)cc3Cc3cc(OC)c(-c4ccc(C)cc4)cc3C2C=C1. The normalized spacial score (nSPS) is 15.3. The number of hydrogen-bond donors (Lipinski definition) is 0. The van der Waals surface area contributed by atoms with E-state index in [1.54, 1.807) is 21.3 Å². The summed E-state index contributed by atoms with van der Waals surface area (Å²) in [5.74, 6) is 2.67. The van der Waals surface area contributed by atoms with Gasteiger partial charge in [-0.2, -0.15) is 0 Å². The van der Waals surface area contributed by atoms with Crippen LogP contribution in [0.15, 0.2) is 127 Å². The van der Waals surface area contributed by atoms with E-state index in [2.05, 4.69) is 136 Å². The number of hydrogen-bond acceptors (Lipinski definition) is 3. The minimum Gasteiger partial charge on any atom is -0.496 e. The van der Waals surface area contributed by atoms with Crippen LogP contribution >= 0.6 is 0 Å². The van der Waals surface area contributed by atoms with Crippen LogP contribution in [0.2, 0.25) is 0 Å². The molecule has 0 spiro atoms. The number of ether oxygens (including phenoxy) is 3. The Kier molecular flexibility index (Phi) is 8.54. The molecule has 0 aromatic heterocycles. The molecule has 0 fully saturated rings. The van der Waals surface area contributed by atoms with E-state index in [-0.39, 0.29) is 5.92 Å². The van der Waals surface area contributed by atoms with Crippen LogP contribution in [0, 0.1) is 20.8 Å². The van der Waals surface area contributed by atoms with Crippen LogP contribution in [0.5, 0.6) is 11.5 Å². The Hall–Kier alpha value is -5.28. The molecule has 0 saturated carbocycles. The van der Waals surface area contributed by atoms with Gasteiger partial charge in [-0.15, -0.1) is 0 Å². The summed E-state index contributed by atoms with van der Waals surface area (Å²) in [6.45, 7) is 6.37. The van der Waals surface area contributed by atoms with Gasteiger partial charge in [0, 0.05) is 22.6 Å². The second-order valence-electron chi connectivity index (χ2n) is 13.1. The third kappa shape index (κ3) is 5.97. The van der Waals surface area contributed by atoms with Crippen molar-refractivity contribution in [1.82, 2.24) is 0 Å². The molecule has 1 unspecified atom stereocenters. The van der Waals surface area contributed by atoms with Gasteiger partial charge in [-0.1, -0.05) is 107 Å². The molecule has 5 aromatic rings. The maximum Gasteiger partial charge on any atom is 0.126 e. The van der Waals surface area contributed by atoms with Gasteiger partial charge in [-0.3, -0.25) is 0 Å². The molecule has 0 bridgehead atoms. The van der Waals surface area contributed by atoms with Gasteiger partial charge in [0.1, 0.15) is 17.3 Å². The maximum atomic E-state index is 6.10. The zero-order valence-corrected chi connectivity index (χ0v) is 28.7. The summed E-state index contributed by atoms with van der Waals surface area (Å²) in [6, 6.07) is 35.4. The molecular formula is C45H42O3. The van der Waals surface area contributed by atoms with Gasteiger partial charge in [0.25, 0.3) is 0 Å². The lowest BCUT2D eigenvalue weighted by Crippen LogP contribution is -2.13. The fourth-order valence-electron chi connectivity index (χ4n) is 7.10. The van der Waals surface area contributed by atoms with Gasteiger partial charge < -0.3 is 14.2 Å². The molecule has 240 valence electrons. The number of rotatable bonds is 6. The van der Waals surface area contributed by atoms with Crippen molar-refractivity contribution in [2.45, 2.75) is 39.5 Å². The summed E-state index contributed by atoms with van der Waals surface area (Å²) in [6.07, 6.45) is 8.41. The molecule has 3 heteroatoms. The Morgan fingerprint density at radius 1 is 0.521 bits per heavy atom. The number of benzene rings is 5. The smallest absolute Gasteiger partial charge is 0.126 e. The van der Waals surface area contributed by atoms with E-state index >= 15 is 0 Å². The monoisotopic (exact) mass is 630 g/mol. The van der Waals surface area contributed by atoms with E-state index in [1.165, 1.54) is 44.5 Å². The Morgan fingerprint density at radius 3 is 1.56 bits per heavy atom. The Labute approximate surface area is 284 Å². The first-order valence-corrected chi connectivity index (χ1v) is 16.6. The van der Waals surface area contributed by atoms with Gasteiger partial charge in [0.05, 0.1) is 21.3 Å². The molecule has 1 atom stereocenters. The van der Waals surface area contributed by atoms with Crippen LogP contribution in [0.1, 0.15) is 50.4 Å². The molecular weight excluding hydrogens is 588 g/mol. The van der Waals surface area contributed by atoms with Crippen molar-refractivity contribution in [2.24, 2.45) is 0 Å². The highest BCUT2D eigenvalue weighted by atomic mass is 16.5. The van der Waals surface area contributed by atoms with Gasteiger partial charge in [0.2, 0.25) is 0 Å². The van der Waals surface area contributed by atoms with E-state index in [9.17, 15) is 0 Å². The van der Waals surface area contributed by atoms with E-state index < -0.39 is 0 Å². The minimum absolute atomic E-state index is 0.0409. The van der Waals surface area contributed by atoms with Gasteiger partial charge in [0.15, 0.2) is 0 Å². The second kappa shape index (κ2) is 13.1. The van der Waals surface area contributed by atoms with Crippen molar-refractivity contribution >= 4 is 5.57 Å². The molecule has 0 amide bonds. The summed E-state index contributed by atoms with van der Waals surface area (Å²) in [5, 5.41) is 0. The molecule has 2 aliphatic rings. The predicted octanol–water partition coefficient (Wildman–Crippen LogP) is 10.7. The van der Waals surface area contributed by atoms with Gasteiger partial charge >= 0.3 is 0 Å². The first kappa shape index (κ1) is 31.3. The van der Waals surface area contributed by atoms with Crippen LogP contribution in [0.4, 0.5) is 0 Å². The van der Waals surface area contributed by atoms with Crippen LogP contribution in [-0.4, -0.2) is 21.3 Å². The minimum atomic E-state index is 0.0409. The Balaban J connectivity index is 1.48.